The number of hydrogen-bond acceptors (Lipinski definition) is 5. The van der Waals surface area contributed by atoms with Gasteiger partial charge in [0.25, 0.3) is 0 Å². The van der Waals surface area contributed by atoms with E-state index < -0.39 is 0 Å². The van der Waals surface area contributed by atoms with Gasteiger partial charge >= 0.3 is 0 Å². The maximum Gasteiger partial charge on any atom is 0.161 e. The maximum absolute atomic E-state index is 5.64. The van der Waals surface area contributed by atoms with Crippen molar-refractivity contribution in [3.8, 4) is 0 Å². The highest BCUT2D eigenvalue weighted by molar-refractivity contribution is 7.80. The second-order valence-electron chi connectivity index (χ2n) is 3.57. The van der Waals surface area contributed by atoms with Gasteiger partial charge in [-0.1, -0.05) is 12.2 Å². The Bertz CT molecular complexity index is 512. The van der Waals surface area contributed by atoms with Crippen LogP contribution in [0.3, 0.4) is 0 Å². The summed E-state index contributed by atoms with van der Waals surface area (Å²) in [6, 6.07) is 5.49. The molecule has 0 unspecified atom stereocenters. The fraction of sp³-hybridized carbons (Fsp3) is 0.182. The van der Waals surface area contributed by atoms with Gasteiger partial charge in [0, 0.05) is 7.05 Å². The van der Waals surface area contributed by atoms with Crippen LogP contribution in [0.15, 0.2) is 35.1 Å². The Hall–Kier alpha value is -1.95. The predicted molar refractivity (Wildman–Crippen MR) is 68.7 cm³/mol. The lowest BCUT2D eigenvalue weighted by atomic mass is 10.2. The van der Waals surface area contributed by atoms with E-state index in [1.54, 1.807) is 18.5 Å². The molecule has 2 aromatic heterocycles. The van der Waals surface area contributed by atoms with Gasteiger partial charge in [-0.15, -0.1) is 5.10 Å². The molecule has 0 aliphatic carbocycles. The zero-order valence-corrected chi connectivity index (χ0v) is 10.1. The summed E-state index contributed by atoms with van der Waals surface area (Å²) in [5, 5.41) is 7.89. The van der Waals surface area contributed by atoms with Gasteiger partial charge in [-0.05, 0) is 18.2 Å². The quantitative estimate of drug-likeness (QED) is 0.823. The van der Waals surface area contributed by atoms with Crippen LogP contribution in [0, 0.1) is 0 Å². The lowest BCUT2D eigenvalue weighted by Crippen LogP contribution is -2.23. The van der Waals surface area contributed by atoms with Crippen molar-refractivity contribution in [1.29, 1.82) is 0 Å². The summed E-state index contributed by atoms with van der Waals surface area (Å²) in [6.45, 7) is 0.585. The van der Waals surface area contributed by atoms with Crippen molar-refractivity contribution < 1.29 is 4.42 Å². The number of hydrogen-bond donors (Lipinski definition) is 1. The van der Waals surface area contributed by atoms with Gasteiger partial charge < -0.3 is 15.1 Å². The number of nitrogens with two attached hydrogens (primary N) is 1. The highest BCUT2D eigenvalue weighted by Crippen LogP contribution is 2.17. The molecule has 2 heterocycles. The fourth-order valence-corrected chi connectivity index (χ4v) is 1.67. The zero-order valence-electron chi connectivity index (χ0n) is 9.33. The van der Waals surface area contributed by atoms with Crippen LogP contribution in [0.5, 0.6) is 0 Å². The van der Waals surface area contributed by atoms with Crippen LogP contribution in [-0.4, -0.2) is 22.2 Å². The summed E-state index contributed by atoms with van der Waals surface area (Å²) in [6.07, 6.45) is 3.20. The molecule has 0 saturated heterocycles. The molecular weight excluding hydrogens is 236 g/mol. The molecule has 5 nitrogen and oxygen atoms in total. The number of rotatable bonds is 4. The van der Waals surface area contributed by atoms with Crippen LogP contribution < -0.4 is 10.6 Å². The minimum absolute atomic E-state index is 0.307. The normalized spacial score (nSPS) is 10.2. The minimum Gasteiger partial charge on any atom is -0.467 e. The largest absolute Gasteiger partial charge is 0.467 e. The molecule has 0 spiro atoms. The summed E-state index contributed by atoms with van der Waals surface area (Å²) in [5.74, 6) is 1.49. The number of aromatic nitrogens is 2. The van der Waals surface area contributed by atoms with E-state index in [0.29, 0.717) is 22.9 Å². The van der Waals surface area contributed by atoms with E-state index in [1.807, 2.05) is 24.1 Å². The Kier molecular flexibility index (Phi) is 3.34. The number of anilines is 1. The summed E-state index contributed by atoms with van der Waals surface area (Å²) >= 11 is 4.98. The van der Waals surface area contributed by atoms with Crippen LogP contribution in [0.1, 0.15) is 11.3 Å². The zero-order chi connectivity index (χ0) is 12.3. The van der Waals surface area contributed by atoms with Crippen LogP contribution in [0.25, 0.3) is 0 Å². The van der Waals surface area contributed by atoms with E-state index >= 15 is 0 Å². The Balaban J connectivity index is 2.24. The van der Waals surface area contributed by atoms with E-state index in [1.165, 1.54) is 0 Å². The van der Waals surface area contributed by atoms with Gasteiger partial charge in [0.05, 0.1) is 24.6 Å². The SMILES string of the molecule is CN(Cc1ccco1)c1nnccc1C(N)=S. The number of furan rings is 1. The number of thiocarbonyl (C=S) groups is 1. The van der Waals surface area contributed by atoms with E-state index in [9.17, 15) is 0 Å². The molecule has 6 heteroatoms. The summed E-state index contributed by atoms with van der Waals surface area (Å²) < 4.78 is 5.27. The second kappa shape index (κ2) is 4.92. The molecule has 2 rings (SSSR count). The molecule has 0 radical (unpaired) electrons. The van der Waals surface area contributed by atoms with Crippen molar-refractivity contribution in [2.75, 3.05) is 11.9 Å². The second-order valence-corrected chi connectivity index (χ2v) is 4.01. The first-order chi connectivity index (χ1) is 8.18. The van der Waals surface area contributed by atoms with Crippen molar-refractivity contribution in [3.05, 3.63) is 42.0 Å². The standard InChI is InChI=1S/C11H12N4OS/c1-15(7-8-3-2-6-16-8)11-9(10(12)17)4-5-13-14-11/h2-6H,7H2,1H3,(H2,12,17). The molecule has 0 saturated carbocycles. The van der Waals surface area contributed by atoms with Gasteiger partial charge in [0.2, 0.25) is 0 Å². The first kappa shape index (κ1) is 11.5. The van der Waals surface area contributed by atoms with Crippen molar-refractivity contribution in [2.45, 2.75) is 6.54 Å². The summed E-state index contributed by atoms with van der Waals surface area (Å²) in [5.41, 5.74) is 6.35. The molecular formula is C11H12N4OS. The van der Waals surface area contributed by atoms with Crippen LogP contribution in [-0.2, 0) is 6.54 Å². The summed E-state index contributed by atoms with van der Waals surface area (Å²) in [7, 11) is 1.88. The van der Waals surface area contributed by atoms with Crippen LogP contribution >= 0.6 is 12.2 Å². The fourth-order valence-electron chi connectivity index (χ4n) is 1.51. The Morgan fingerprint density at radius 2 is 2.35 bits per heavy atom. The lowest BCUT2D eigenvalue weighted by Gasteiger charge is -2.18. The molecule has 0 aromatic carbocycles. The van der Waals surface area contributed by atoms with Gasteiger partial charge in [-0.2, -0.15) is 5.10 Å². The Morgan fingerprint density at radius 3 is 3.00 bits per heavy atom. The van der Waals surface area contributed by atoms with Gasteiger partial charge in [-0.3, -0.25) is 0 Å². The first-order valence-corrected chi connectivity index (χ1v) is 5.44. The number of nitrogens with zero attached hydrogens (tertiary/aromatic N) is 3. The molecule has 0 bridgehead atoms. The smallest absolute Gasteiger partial charge is 0.161 e. The topological polar surface area (TPSA) is 68.2 Å². The minimum atomic E-state index is 0.307. The average Bonchev–Trinajstić information content (AvgIpc) is 2.81. The molecule has 2 N–H and O–H groups in total. The van der Waals surface area contributed by atoms with Crippen LogP contribution in [0.4, 0.5) is 5.82 Å². The van der Waals surface area contributed by atoms with E-state index in [2.05, 4.69) is 10.2 Å². The molecule has 0 aliphatic rings. The highest BCUT2D eigenvalue weighted by atomic mass is 32.1. The van der Waals surface area contributed by atoms with Gasteiger partial charge in [-0.25, -0.2) is 0 Å². The third kappa shape index (κ3) is 2.59. The van der Waals surface area contributed by atoms with Crippen molar-refractivity contribution in [2.24, 2.45) is 5.73 Å². The Morgan fingerprint density at radius 1 is 1.53 bits per heavy atom. The molecule has 2 aromatic rings. The van der Waals surface area contributed by atoms with Crippen molar-refractivity contribution in [1.82, 2.24) is 10.2 Å². The third-order valence-electron chi connectivity index (χ3n) is 2.30. The molecule has 0 atom stereocenters. The predicted octanol–water partition coefficient (Wildman–Crippen LogP) is 1.34. The van der Waals surface area contributed by atoms with Gasteiger partial charge in [0.1, 0.15) is 10.7 Å². The van der Waals surface area contributed by atoms with Gasteiger partial charge in [0.15, 0.2) is 5.82 Å². The summed E-state index contributed by atoms with van der Waals surface area (Å²) in [4.78, 5) is 2.20. The van der Waals surface area contributed by atoms with Crippen molar-refractivity contribution in [3.63, 3.8) is 0 Å². The Labute approximate surface area is 104 Å². The monoisotopic (exact) mass is 248 g/mol. The third-order valence-corrected chi connectivity index (χ3v) is 2.52. The first-order valence-electron chi connectivity index (χ1n) is 5.03. The lowest BCUT2D eigenvalue weighted by molar-refractivity contribution is 0.506. The highest BCUT2D eigenvalue weighted by Gasteiger charge is 2.12. The molecule has 0 aliphatic heterocycles. The van der Waals surface area contributed by atoms with E-state index in [4.69, 9.17) is 22.4 Å². The molecule has 17 heavy (non-hydrogen) atoms. The molecule has 88 valence electrons. The average molecular weight is 248 g/mol. The van der Waals surface area contributed by atoms with Crippen molar-refractivity contribution >= 4 is 23.0 Å². The van der Waals surface area contributed by atoms with Crippen LogP contribution in [0.2, 0.25) is 0 Å². The van der Waals surface area contributed by atoms with E-state index in [-0.39, 0.29) is 0 Å². The molecule has 0 amide bonds. The van der Waals surface area contributed by atoms with E-state index in [0.717, 1.165) is 5.76 Å². The molecule has 0 fully saturated rings. The maximum atomic E-state index is 5.64.